The van der Waals surface area contributed by atoms with Crippen LogP contribution in [0.25, 0.3) is 0 Å². The van der Waals surface area contributed by atoms with Gasteiger partial charge in [0.15, 0.2) is 0 Å². The van der Waals surface area contributed by atoms with Crippen LogP contribution >= 0.6 is 0 Å². The van der Waals surface area contributed by atoms with E-state index in [1.54, 1.807) is 12.1 Å². The van der Waals surface area contributed by atoms with Gasteiger partial charge in [-0.15, -0.1) is 0 Å². The summed E-state index contributed by atoms with van der Waals surface area (Å²) >= 11 is 0. The van der Waals surface area contributed by atoms with Crippen molar-refractivity contribution >= 4 is 21.7 Å². The number of benzene rings is 1. The Morgan fingerprint density at radius 3 is 2.12 bits per heavy atom. The normalized spacial score (nSPS) is 38.2. The molecule has 1 aromatic carbocycles. The van der Waals surface area contributed by atoms with Crippen molar-refractivity contribution in [3.8, 4) is 0 Å². The van der Waals surface area contributed by atoms with Gasteiger partial charge in [-0.25, -0.2) is 18.4 Å². The molecule has 0 aromatic heterocycles. The molecule has 142 valence electrons. The molecule has 1 aromatic rings. The third kappa shape index (κ3) is 3.22. The Bertz CT molecular complexity index is 831. The van der Waals surface area contributed by atoms with Crippen LogP contribution in [0, 0.1) is 16.7 Å². The number of primary sulfonamides is 1. The van der Waals surface area contributed by atoms with E-state index >= 15 is 0 Å². The molecule has 4 fully saturated rings. The zero-order valence-corrected chi connectivity index (χ0v) is 16.2. The second-order valence-electron chi connectivity index (χ2n) is 9.56. The molecule has 4 aliphatic rings. The van der Waals surface area contributed by atoms with Gasteiger partial charge in [0.1, 0.15) is 0 Å². The predicted octanol–water partition coefficient (Wildman–Crippen LogP) is 3.20. The first-order valence-electron chi connectivity index (χ1n) is 9.21. The Hall–Kier alpha value is -1.60. The van der Waals surface area contributed by atoms with Gasteiger partial charge >= 0.3 is 6.03 Å². The number of nitrogens with one attached hydrogen (secondary N) is 2. The molecule has 0 saturated heterocycles. The topological polar surface area (TPSA) is 101 Å². The summed E-state index contributed by atoms with van der Waals surface area (Å²) in [6, 6.07) is 5.70. The fraction of sp³-hybridized carbons (Fsp3) is 0.632. The van der Waals surface area contributed by atoms with Gasteiger partial charge in [0.2, 0.25) is 10.0 Å². The summed E-state index contributed by atoms with van der Waals surface area (Å²) in [4.78, 5) is 12.7. The molecule has 4 aliphatic carbocycles. The number of carbonyl (C=O) groups is 1. The zero-order chi connectivity index (χ0) is 18.8. The standard InChI is InChI=1S/C19H27N3O3S/c1-17-7-13-8-18(2,10-17)12-19(9-13,11-17)22-16(23)21-14-3-5-15(6-4-14)26(20,24)25/h3-6,13H,7-12H2,1-2H3,(H2,20,24,25)(H2,21,22,23)/t13?,17-,18+,19?. The van der Waals surface area contributed by atoms with E-state index in [2.05, 4.69) is 24.5 Å². The van der Waals surface area contributed by atoms with E-state index < -0.39 is 10.0 Å². The minimum atomic E-state index is -3.73. The van der Waals surface area contributed by atoms with Crippen LogP contribution in [0.5, 0.6) is 0 Å². The summed E-state index contributed by atoms with van der Waals surface area (Å²) < 4.78 is 22.6. The van der Waals surface area contributed by atoms with Gasteiger partial charge in [-0.2, -0.15) is 0 Å². The Morgan fingerprint density at radius 2 is 1.62 bits per heavy atom. The summed E-state index contributed by atoms with van der Waals surface area (Å²) in [6.07, 6.45) is 6.98. The van der Waals surface area contributed by atoms with Gasteiger partial charge in [0.05, 0.1) is 4.90 Å². The lowest BCUT2D eigenvalue weighted by atomic mass is 9.43. The highest BCUT2D eigenvalue weighted by atomic mass is 32.2. The van der Waals surface area contributed by atoms with Crippen molar-refractivity contribution in [2.75, 3.05) is 5.32 Å². The molecular weight excluding hydrogens is 350 g/mol. The maximum absolute atomic E-state index is 12.6. The van der Waals surface area contributed by atoms with E-state index in [1.165, 1.54) is 31.4 Å². The van der Waals surface area contributed by atoms with Gasteiger partial charge in [0.25, 0.3) is 0 Å². The zero-order valence-electron chi connectivity index (χ0n) is 15.3. The maximum atomic E-state index is 12.6. The lowest BCUT2D eigenvalue weighted by Gasteiger charge is -2.65. The highest BCUT2D eigenvalue weighted by Crippen LogP contribution is 2.66. The number of rotatable bonds is 3. The molecule has 6 nitrogen and oxygen atoms in total. The molecule has 0 radical (unpaired) electrons. The smallest absolute Gasteiger partial charge is 0.319 e. The van der Waals surface area contributed by atoms with Crippen LogP contribution in [0.2, 0.25) is 0 Å². The molecule has 0 heterocycles. The van der Waals surface area contributed by atoms with Gasteiger partial charge in [-0.3, -0.25) is 0 Å². The number of hydrogen-bond donors (Lipinski definition) is 3. The molecule has 5 rings (SSSR count). The number of nitrogens with two attached hydrogens (primary N) is 1. The highest BCUT2D eigenvalue weighted by Gasteiger charge is 2.60. The molecule has 7 heteroatoms. The van der Waals surface area contributed by atoms with Crippen LogP contribution in [-0.2, 0) is 10.0 Å². The van der Waals surface area contributed by atoms with Crippen LogP contribution in [0.1, 0.15) is 52.4 Å². The van der Waals surface area contributed by atoms with Gasteiger partial charge in [0, 0.05) is 11.2 Å². The van der Waals surface area contributed by atoms with Crippen molar-refractivity contribution in [3.05, 3.63) is 24.3 Å². The minimum absolute atomic E-state index is 0.0328. The van der Waals surface area contributed by atoms with Crippen LogP contribution < -0.4 is 15.8 Å². The fourth-order valence-electron chi connectivity index (χ4n) is 6.72. The molecule has 4 N–H and O–H groups in total. The molecule has 4 saturated carbocycles. The van der Waals surface area contributed by atoms with Crippen LogP contribution in [-0.4, -0.2) is 20.0 Å². The molecule has 2 unspecified atom stereocenters. The summed E-state index contributed by atoms with van der Waals surface area (Å²) in [7, 11) is -3.73. The van der Waals surface area contributed by atoms with E-state index in [9.17, 15) is 13.2 Å². The number of anilines is 1. The number of sulfonamides is 1. The predicted molar refractivity (Wildman–Crippen MR) is 100 cm³/mol. The van der Waals surface area contributed by atoms with Crippen molar-refractivity contribution in [3.63, 3.8) is 0 Å². The number of amides is 2. The molecule has 0 spiro atoms. The van der Waals surface area contributed by atoms with Gasteiger partial charge in [-0.05, 0) is 79.5 Å². The molecule has 26 heavy (non-hydrogen) atoms. The first kappa shape index (κ1) is 17.8. The molecule has 4 atom stereocenters. The average Bonchev–Trinajstić information content (AvgIpc) is 2.41. The van der Waals surface area contributed by atoms with Crippen LogP contribution in [0.3, 0.4) is 0 Å². The van der Waals surface area contributed by atoms with Crippen LogP contribution in [0.4, 0.5) is 10.5 Å². The summed E-state index contributed by atoms with van der Waals surface area (Å²) in [6.45, 7) is 4.74. The lowest BCUT2D eigenvalue weighted by molar-refractivity contribution is -0.113. The van der Waals surface area contributed by atoms with E-state index in [0.29, 0.717) is 22.4 Å². The quantitative estimate of drug-likeness (QED) is 0.754. The first-order valence-corrected chi connectivity index (χ1v) is 10.8. The van der Waals surface area contributed by atoms with E-state index in [0.717, 1.165) is 19.3 Å². The summed E-state index contributed by atoms with van der Waals surface area (Å²) in [5.41, 5.74) is 1.10. The molecule has 0 aliphatic heterocycles. The second kappa shape index (κ2) is 5.45. The maximum Gasteiger partial charge on any atom is 0.319 e. The molecule has 4 bridgehead atoms. The number of hydrogen-bond acceptors (Lipinski definition) is 3. The van der Waals surface area contributed by atoms with Crippen molar-refractivity contribution in [2.24, 2.45) is 21.9 Å². The Kier molecular flexibility index (Phi) is 3.73. The number of urea groups is 1. The lowest BCUT2D eigenvalue weighted by Crippen LogP contribution is -2.65. The Morgan fingerprint density at radius 1 is 1.04 bits per heavy atom. The third-order valence-electron chi connectivity index (χ3n) is 6.45. The van der Waals surface area contributed by atoms with E-state index in [4.69, 9.17) is 5.14 Å². The average molecular weight is 378 g/mol. The van der Waals surface area contributed by atoms with Crippen molar-refractivity contribution in [1.82, 2.24) is 5.32 Å². The van der Waals surface area contributed by atoms with Crippen molar-refractivity contribution < 1.29 is 13.2 Å². The first-order chi connectivity index (χ1) is 12.0. The third-order valence-corrected chi connectivity index (χ3v) is 7.37. The largest absolute Gasteiger partial charge is 0.332 e. The summed E-state index contributed by atoms with van der Waals surface area (Å²) in [5, 5.41) is 11.2. The van der Waals surface area contributed by atoms with Crippen molar-refractivity contribution in [1.29, 1.82) is 0 Å². The molecule has 2 amide bonds. The minimum Gasteiger partial charge on any atom is -0.332 e. The molecular formula is C19H27N3O3S. The summed E-state index contributed by atoms with van der Waals surface area (Å²) in [5.74, 6) is 0.704. The number of carbonyl (C=O) groups excluding carboxylic acids is 1. The van der Waals surface area contributed by atoms with Crippen molar-refractivity contribution in [2.45, 2.75) is 62.8 Å². The Balaban J connectivity index is 1.47. The second-order valence-corrected chi connectivity index (χ2v) is 11.1. The highest BCUT2D eigenvalue weighted by molar-refractivity contribution is 7.89. The van der Waals surface area contributed by atoms with Gasteiger partial charge < -0.3 is 10.6 Å². The van der Waals surface area contributed by atoms with E-state index in [1.807, 2.05) is 0 Å². The van der Waals surface area contributed by atoms with E-state index in [-0.39, 0.29) is 16.5 Å². The monoisotopic (exact) mass is 377 g/mol. The van der Waals surface area contributed by atoms with Crippen LogP contribution in [0.15, 0.2) is 29.2 Å². The van der Waals surface area contributed by atoms with Gasteiger partial charge in [-0.1, -0.05) is 13.8 Å². The Labute approximate surface area is 155 Å². The SMILES string of the molecule is C[C@]12CC3CC(NC(=O)Nc4ccc(S(N)(=O)=O)cc4)(C1)C[C@@](C)(C3)C2. The fourth-order valence-corrected chi connectivity index (χ4v) is 7.23.